The van der Waals surface area contributed by atoms with E-state index in [-0.39, 0.29) is 18.1 Å². The van der Waals surface area contributed by atoms with Crippen LogP contribution in [0.15, 0.2) is 55.0 Å². The summed E-state index contributed by atoms with van der Waals surface area (Å²) in [7, 11) is 0. The first-order chi connectivity index (χ1) is 14.0. The molecule has 150 valence electrons. The Morgan fingerprint density at radius 3 is 2.90 bits per heavy atom. The fourth-order valence-electron chi connectivity index (χ4n) is 3.37. The highest BCUT2D eigenvalue weighted by molar-refractivity contribution is 5.77. The minimum absolute atomic E-state index is 0.0540. The summed E-state index contributed by atoms with van der Waals surface area (Å²) in [5.41, 5.74) is 2.75. The van der Waals surface area contributed by atoms with Gasteiger partial charge in [0.25, 0.3) is 5.91 Å². The lowest BCUT2D eigenvalue weighted by Crippen LogP contribution is -2.31. The van der Waals surface area contributed by atoms with Crippen LogP contribution in [0.4, 0.5) is 0 Å². The second kappa shape index (κ2) is 7.95. The largest absolute Gasteiger partial charge is 0.483 e. The Bertz CT molecular complexity index is 998. The summed E-state index contributed by atoms with van der Waals surface area (Å²) < 4.78 is 13.5. The molecule has 1 amide bonds. The monoisotopic (exact) mass is 392 g/mol. The number of nitrogens with one attached hydrogen (secondary N) is 1. The number of pyridine rings is 1. The van der Waals surface area contributed by atoms with Crippen molar-refractivity contribution in [2.75, 3.05) is 13.2 Å². The van der Waals surface area contributed by atoms with Gasteiger partial charge in [-0.25, -0.2) is 0 Å². The van der Waals surface area contributed by atoms with Crippen LogP contribution in [0.1, 0.15) is 19.4 Å². The van der Waals surface area contributed by atoms with Gasteiger partial charge < -0.3 is 14.8 Å². The quantitative estimate of drug-likeness (QED) is 0.669. The molecule has 7 nitrogen and oxygen atoms in total. The molecule has 3 heterocycles. The molecule has 1 aromatic carbocycles. The highest BCUT2D eigenvalue weighted by atomic mass is 16.5. The third kappa shape index (κ3) is 4.56. The molecule has 0 saturated carbocycles. The van der Waals surface area contributed by atoms with E-state index in [0.717, 1.165) is 29.0 Å². The highest BCUT2D eigenvalue weighted by Gasteiger charge is 2.32. The second-order valence-electron chi connectivity index (χ2n) is 7.62. The van der Waals surface area contributed by atoms with E-state index in [0.29, 0.717) is 18.8 Å². The van der Waals surface area contributed by atoms with E-state index >= 15 is 0 Å². The summed E-state index contributed by atoms with van der Waals surface area (Å²) in [6.07, 6.45) is 6.20. The molecule has 1 aliphatic rings. The molecule has 4 rings (SSSR count). The minimum Gasteiger partial charge on any atom is -0.483 e. The SMILES string of the molecule is CC1(C)Cc2cccc(OCC(=O)NCCn3ccc(-c4ccncc4)n3)c2O1. The van der Waals surface area contributed by atoms with E-state index in [1.807, 2.05) is 56.4 Å². The molecule has 0 saturated heterocycles. The predicted molar refractivity (Wildman–Crippen MR) is 109 cm³/mol. The average Bonchev–Trinajstić information content (AvgIpc) is 3.30. The molecular formula is C22H24N4O3. The Morgan fingerprint density at radius 2 is 2.07 bits per heavy atom. The van der Waals surface area contributed by atoms with Gasteiger partial charge in [0.15, 0.2) is 18.1 Å². The van der Waals surface area contributed by atoms with Crippen LogP contribution in [0.5, 0.6) is 11.5 Å². The number of nitrogens with zero attached hydrogens (tertiary/aromatic N) is 3. The number of carbonyl (C=O) groups excluding carboxylic acids is 1. The van der Waals surface area contributed by atoms with Gasteiger partial charge >= 0.3 is 0 Å². The van der Waals surface area contributed by atoms with E-state index < -0.39 is 0 Å². The third-order valence-electron chi connectivity index (χ3n) is 4.69. The van der Waals surface area contributed by atoms with Crippen LogP contribution >= 0.6 is 0 Å². The van der Waals surface area contributed by atoms with Gasteiger partial charge in [0.2, 0.25) is 0 Å². The zero-order valence-electron chi connectivity index (χ0n) is 16.6. The molecule has 1 N–H and O–H groups in total. The smallest absolute Gasteiger partial charge is 0.258 e. The first kappa shape index (κ1) is 19.0. The lowest BCUT2D eigenvalue weighted by Gasteiger charge is -2.18. The van der Waals surface area contributed by atoms with Crippen LogP contribution in [0, 0.1) is 0 Å². The summed E-state index contributed by atoms with van der Waals surface area (Å²) in [6.45, 7) is 5.07. The van der Waals surface area contributed by atoms with Gasteiger partial charge in [-0.3, -0.25) is 14.5 Å². The van der Waals surface area contributed by atoms with Crippen LogP contribution in [0.2, 0.25) is 0 Å². The van der Waals surface area contributed by atoms with Crippen molar-refractivity contribution in [3.63, 3.8) is 0 Å². The summed E-state index contributed by atoms with van der Waals surface area (Å²) in [4.78, 5) is 16.2. The maximum absolute atomic E-state index is 12.1. The molecule has 2 aromatic heterocycles. The normalized spacial score (nSPS) is 14.1. The van der Waals surface area contributed by atoms with Gasteiger partial charge in [0, 0.05) is 42.7 Å². The number of fused-ring (bicyclic) bond motifs is 1. The van der Waals surface area contributed by atoms with E-state index in [2.05, 4.69) is 15.4 Å². The molecular weight excluding hydrogens is 368 g/mol. The van der Waals surface area contributed by atoms with Crippen molar-refractivity contribution in [3.05, 3.63) is 60.6 Å². The lowest BCUT2D eigenvalue weighted by atomic mass is 10.0. The molecule has 29 heavy (non-hydrogen) atoms. The number of hydrogen-bond donors (Lipinski definition) is 1. The highest BCUT2D eigenvalue weighted by Crippen LogP contribution is 2.41. The summed E-state index contributed by atoms with van der Waals surface area (Å²) in [5, 5.41) is 7.37. The Labute approximate surface area is 169 Å². The summed E-state index contributed by atoms with van der Waals surface area (Å²) in [6, 6.07) is 11.6. The maximum atomic E-state index is 12.1. The zero-order valence-corrected chi connectivity index (χ0v) is 16.6. The van der Waals surface area contributed by atoms with Crippen LogP contribution in [0.3, 0.4) is 0 Å². The Balaban J connectivity index is 1.25. The molecule has 3 aromatic rings. The van der Waals surface area contributed by atoms with Crippen molar-refractivity contribution in [3.8, 4) is 22.8 Å². The molecule has 0 atom stereocenters. The molecule has 0 bridgehead atoms. The number of rotatable bonds is 7. The number of amides is 1. The van der Waals surface area contributed by atoms with Gasteiger partial charge in [-0.1, -0.05) is 12.1 Å². The van der Waals surface area contributed by atoms with Crippen LogP contribution in [-0.4, -0.2) is 39.4 Å². The van der Waals surface area contributed by atoms with Gasteiger partial charge in [-0.2, -0.15) is 5.10 Å². The van der Waals surface area contributed by atoms with Crippen LogP contribution in [0.25, 0.3) is 11.3 Å². The van der Waals surface area contributed by atoms with Crippen molar-refractivity contribution in [1.29, 1.82) is 0 Å². The Morgan fingerprint density at radius 1 is 1.24 bits per heavy atom. The lowest BCUT2D eigenvalue weighted by molar-refractivity contribution is -0.123. The summed E-state index contributed by atoms with van der Waals surface area (Å²) >= 11 is 0. The number of benzene rings is 1. The van der Waals surface area contributed by atoms with Crippen molar-refractivity contribution >= 4 is 5.91 Å². The van der Waals surface area contributed by atoms with E-state index in [9.17, 15) is 4.79 Å². The fraction of sp³-hybridized carbons (Fsp3) is 0.318. The topological polar surface area (TPSA) is 78.3 Å². The standard InChI is InChI=1S/C22H24N4O3/c1-22(2)14-17-4-3-5-19(21(17)29-22)28-15-20(27)24-11-13-26-12-8-18(25-26)16-6-9-23-10-7-16/h3-10,12H,11,13-15H2,1-2H3,(H,24,27). The molecule has 7 heteroatoms. The maximum Gasteiger partial charge on any atom is 0.258 e. The van der Waals surface area contributed by atoms with Crippen LogP contribution < -0.4 is 14.8 Å². The average molecular weight is 392 g/mol. The van der Waals surface area contributed by atoms with Crippen molar-refractivity contribution < 1.29 is 14.3 Å². The molecule has 0 aliphatic carbocycles. The van der Waals surface area contributed by atoms with E-state index in [1.54, 1.807) is 17.1 Å². The van der Waals surface area contributed by atoms with Crippen molar-refractivity contribution in [2.45, 2.75) is 32.4 Å². The molecule has 1 aliphatic heterocycles. The van der Waals surface area contributed by atoms with Crippen molar-refractivity contribution in [2.24, 2.45) is 0 Å². The Hall–Kier alpha value is -3.35. The second-order valence-corrected chi connectivity index (χ2v) is 7.62. The van der Waals surface area contributed by atoms with Crippen LogP contribution in [-0.2, 0) is 17.8 Å². The third-order valence-corrected chi connectivity index (χ3v) is 4.69. The van der Waals surface area contributed by atoms with Gasteiger partial charge in [-0.05, 0) is 38.1 Å². The number of para-hydroxylation sites is 1. The predicted octanol–water partition coefficient (Wildman–Crippen LogP) is 2.85. The Kier molecular flexibility index (Phi) is 5.20. The minimum atomic E-state index is -0.247. The number of carbonyl (C=O) groups is 1. The molecule has 0 fully saturated rings. The van der Waals surface area contributed by atoms with Gasteiger partial charge in [0.1, 0.15) is 5.60 Å². The van der Waals surface area contributed by atoms with E-state index in [1.165, 1.54) is 0 Å². The fourth-order valence-corrected chi connectivity index (χ4v) is 3.37. The number of aromatic nitrogens is 3. The summed E-state index contributed by atoms with van der Waals surface area (Å²) in [5.74, 6) is 1.17. The number of ether oxygens (including phenoxy) is 2. The molecule has 0 radical (unpaired) electrons. The van der Waals surface area contributed by atoms with Crippen molar-refractivity contribution in [1.82, 2.24) is 20.1 Å². The molecule has 0 spiro atoms. The first-order valence-electron chi connectivity index (χ1n) is 9.64. The van der Waals surface area contributed by atoms with E-state index in [4.69, 9.17) is 9.47 Å². The molecule has 0 unspecified atom stereocenters. The number of hydrogen-bond acceptors (Lipinski definition) is 5. The zero-order chi connectivity index (χ0) is 20.3. The van der Waals surface area contributed by atoms with Gasteiger partial charge in [-0.15, -0.1) is 0 Å². The first-order valence-corrected chi connectivity index (χ1v) is 9.64. The van der Waals surface area contributed by atoms with Gasteiger partial charge in [0.05, 0.1) is 12.2 Å².